The summed E-state index contributed by atoms with van der Waals surface area (Å²) in [5.41, 5.74) is -3.16. The van der Waals surface area contributed by atoms with Crippen LogP contribution in [0.1, 0.15) is 53.4 Å². The summed E-state index contributed by atoms with van der Waals surface area (Å²) in [6.45, 7) is 8.06. The van der Waals surface area contributed by atoms with Crippen molar-refractivity contribution >= 4 is 23.6 Å². The molecular weight excluding hydrogens is 501 g/mol. The summed E-state index contributed by atoms with van der Waals surface area (Å²) in [5, 5.41) is 17.9. The number of carbonyl (C=O) groups is 4. The van der Waals surface area contributed by atoms with E-state index in [-0.39, 0.29) is 61.3 Å². The summed E-state index contributed by atoms with van der Waals surface area (Å²) < 4.78 is 14.6. The van der Waals surface area contributed by atoms with Crippen LogP contribution in [-0.4, -0.2) is 65.4 Å². The molecule has 2 aliphatic heterocycles. The van der Waals surface area contributed by atoms with Crippen molar-refractivity contribution in [3.63, 3.8) is 0 Å². The van der Waals surface area contributed by atoms with Crippen LogP contribution in [0.15, 0.2) is 12.2 Å². The third kappa shape index (κ3) is 5.52. The number of hydrogen-bond donors (Lipinski definition) is 3. The number of halogens is 1. The Morgan fingerprint density at radius 2 is 1.92 bits per heavy atom. The van der Waals surface area contributed by atoms with Gasteiger partial charge in [0.05, 0.1) is 11.5 Å². The number of nitrogens with one attached hydrogen (secondary N) is 3. The van der Waals surface area contributed by atoms with E-state index in [2.05, 4.69) is 34.0 Å². The molecule has 0 aromatic heterocycles. The Kier molecular flexibility index (Phi) is 7.80. The average Bonchev–Trinajstić information content (AvgIpc) is 3.32. The molecule has 0 radical (unpaired) electrons. The maximum absolute atomic E-state index is 14.6. The second kappa shape index (κ2) is 10.6. The summed E-state index contributed by atoms with van der Waals surface area (Å²) >= 11 is 0. The largest absolute Gasteiger partial charge is 0.356 e. The Labute approximate surface area is 229 Å². The van der Waals surface area contributed by atoms with Gasteiger partial charge < -0.3 is 20.9 Å². The van der Waals surface area contributed by atoms with Gasteiger partial charge in [-0.1, -0.05) is 31.9 Å². The summed E-state index contributed by atoms with van der Waals surface area (Å²) in [4.78, 5) is 54.2. The van der Waals surface area contributed by atoms with Gasteiger partial charge in [-0.3, -0.25) is 19.2 Å². The molecule has 210 valence electrons. The number of alkyl halides is 1. The second-order valence-corrected chi connectivity index (χ2v) is 12.2. The van der Waals surface area contributed by atoms with E-state index in [4.69, 9.17) is 6.42 Å². The standard InChI is InChI=1S/C29H38FN5O4/c1-6-28(4,5)23(34-27(39)29(30)10-11-29)26(38)35-15-20-16(2)7-8-17(3)21(20)22(35)25(37)33-19(14-31)13-18-9-12-32-24(18)36/h1,7-8,16-23H,9-13,15H2,2-5H3,(H,32,36)(H,33,37)(H,34,39)/t16-,17+,18-,19-,20+,21-,22-,23+/m0/s1. The smallest absolute Gasteiger partial charge is 0.258 e. The number of terminal acetylenes is 1. The predicted molar refractivity (Wildman–Crippen MR) is 141 cm³/mol. The van der Waals surface area contributed by atoms with Crippen LogP contribution in [0.25, 0.3) is 0 Å². The monoisotopic (exact) mass is 539 g/mol. The first kappa shape index (κ1) is 28.6. The molecule has 10 heteroatoms. The van der Waals surface area contributed by atoms with E-state index < -0.39 is 46.9 Å². The van der Waals surface area contributed by atoms with Crippen LogP contribution >= 0.6 is 0 Å². The van der Waals surface area contributed by atoms with E-state index in [9.17, 15) is 28.8 Å². The molecule has 2 saturated heterocycles. The minimum atomic E-state index is -2.00. The quantitative estimate of drug-likeness (QED) is 0.317. The minimum absolute atomic E-state index is 0.0323. The first-order valence-corrected chi connectivity index (χ1v) is 13.8. The highest BCUT2D eigenvalue weighted by molar-refractivity contribution is 5.96. The van der Waals surface area contributed by atoms with E-state index in [0.717, 1.165) is 0 Å². The number of hydrogen-bond acceptors (Lipinski definition) is 5. The van der Waals surface area contributed by atoms with E-state index in [1.807, 2.05) is 19.9 Å². The SMILES string of the molecule is C#CC(C)(C)[C@H](NC(=O)C1(F)CC1)C(=O)N1C[C@H]2[C@H]([C@H](C)C=C[C@@H]2C)[C@H]1C(=O)N[C@H](C#N)C[C@@H]1CCNC1=O. The van der Waals surface area contributed by atoms with E-state index in [0.29, 0.717) is 13.0 Å². The summed E-state index contributed by atoms with van der Waals surface area (Å²) in [5.74, 6) is -0.0700. The zero-order chi connectivity index (χ0) is 28.7. The van der Waals surface area contributed by atoms with Crippen LogP contribution < -0.4 is 16.0 Å². The molecule has 0 unspecified atom stereocenters. The lowest BCUT2D eigenvalue weighted by Crippen LogP contribution is -2.60. The Hall–Kier alpha value is -3.40. The fourth-order valence-corrected chi connectivity index (χ4v) is 6.22. The van der Waals surface area contributed by atoms with Crippen LogP contribution in [0.4, 0.5) is 4.39 Å². The highest BCUT2D eigenvalue weighted by Crippen LogP contribution is 2.45. The van der Waals surface area contributed by atoms with Gasteiger partial charge in [-0.15, -0.1) is 6.42 Å². The maximum atomic E-state index is 14.6. The van der Waals surface area contributed by atoms with Gasteiger partial charge in [0.1, 0.15) is 18.1 Å². The molecule has 2 aliphatic carbocycles. The lowest BCUT2D eigenvalue weighted by atomic mass is 9.71. The molecule has 3 N–H and O–H groups in total. The first-order chi connectivity index (χ1) is 18.3. The van der Waals surface area contributed by atoms with Crippen LogP contribution in [0.2, 0.25) is 0 Å². The fourth-order valence-electron chi connectivity index (χ4n) is 6.22. The van der Waals surface area contributed by atoms with E-state index in [1.54, 1.807) is 13.8 Å². The number of fused-ring (bicyclic) bond motifs is 1. The van der Waals surface area contributed by atoms with Gasteiger partial charge in [0.15, 0.2) is 5.67 Å². The predicted octanol–water partition coefficient (Wildman–Crippen LogP) is 1.45. The van der Waals surface area contributed by atoms with Crippen molar-refractivity contribution in [1.82, 2.24) is 20.9 Å². The number of nitriles is 1. The molecule has 8 atom stereocenters. The van der Waals surface area contributed by atoms with Crippen molar-refractivity contribution < 1.29 is 23.6 Å². The minimum Gasteiger partial charge on any atom is -0.356 e. The van der Waals surface area contributed by atoms with Gasteiger partial charge in [0.2, 0.25) is 17.7 Å². The Morgan fingerprint density at radius 3 is 2.49 bits per heavy atom. The van der Waals surface area contributed by atoms with Gasteiger partial charge in [-0.2, -0.15) is 5.26 Å². The number of rotatable bonds is 8. The molecule has 39 heavy (non-hydrogen) atoms. The van der Waals surface area contributed by atoms with Gasteiger partial charge in [-0.25, -0.2) is 4.39 Å². The molecular formula is C29H38FN5O4. The molecule has 4 rings (SSSR count). The third-order valence-corrected chi connectivity index (χ3v) is 9.02. The lowest BCUT2D eigenvalue weighted by molar-refractivity contribution is -0.145. The number of carbonyl (C=O) groups excluding carboxylic acids is 4. The third-order valence-electron chi connectivity index (χ3n) is 9.02. The lowest BCUT2D eigenvalue weighted by Gasteiger charge is -2.37. The molecule has 0 aromatic carbocycles. The van der Waals surface area contributed by atoms with Crippen LogP contribution in [-0.2, 0) is 19.2 Å². The van der Waals surface area contributed by atoms with Crippen LogP contribution in [0, 0.1) is 58.7 Å². The second-order valence-electron chi connectivity index (χ2n) is 12.2. The summed E-state index contributed by atoms with van der Waals surface area (Å²) in [6, 6.07) is -0.987. The van der Waals surface area contributed by atoms with Gasteiger partial charge >= 0.3 is 0 Å². The molecule has 3 fully saturated rings. The van der Waals surface area contributed by atoms with Gasteiger partial charge in [-0.05, 0) is 63.2 Å². The molecule has 4 amide bonds. The van der Waals surface area contributed by atoms with E-state index >= 15 is 0 Å². The van der Waals surface area contributed by atoms with Crippen molar-refractivity contribution in [3.05, 3.63) is 12.2 Å². The highest BCUT2D eigenvalue weighted by atomic mass is 19.1. The normalized spacial score (nSPS) is 32.2. The zero-order valence-corrected chi connectivity index (χ0v) is 23.0. The highest BCUT2D eigenvalue weighted by Gasteiger charge is 2.56. The van der Waals surface area contributed by atoms with Crippen molar-refractivity contribution in [2.24, 2.45) is 35.0 Å². The summed E-state index contributed by atoms with van der Waals surface area (Å²) in [6.07, 6.45) is 10.8. The molecule has 0 aromatic rings. The van der Waals surface area contributed by atoms with Crippen molar-refractivity contribution in [2.75, 3.05) is 13.1 Å². The number of allylic oxidation sites excluding steroid dienone is 2. The Morgan fingerprint density at radius 1 is 1.26 bits per heavy atom. The fraction of sp³-hybridized carbons (Fsp3) is 0.690. The number of likely N-dealkylation sites (tertiary alicyclic amines) is 1. The van der Waals surface area contributed by atoms with Crippen molar-refractivity contribution in [2.45, 2.75) is 77.2 Å². The number of amides is 4. The summed E-state index contributed by atoms with van der Waals surface area (Å²) in [7, 11) is 0. The number of nitrogens with zero attached hydrogens (tertiary/aromatic N) is 2. The van der Waals surface area contributed by atoms with Gasteiger partial charge in [0.25, 0.3) is 5.91 Å². The molecule has 0 bridgehead atoms. The maximum Gasteiger partial charge on any atom is 0.258 e. The Balaban J connectivity index is 1.63. The Bertz CT molecular complexity index is 1150. The first-order valence-electron chi connectivity index (χ1n) is 13.8. The molecule has 2 heterocycles. The van der Waals surface area contributed by atoms with Crippen LogP contribution in [0.3, 0.4) is 0 Å². The van der Waals surface area contributed by atoms with Crippen LogP contribution in [0.5, 0.6) is 0 Å². The molecule has 1 saturated carbocycles. The topological polar surface area (TPSA) is 131 Å². The zero-order valence-electron chi connectivity index (χ0n) is 23.0. The molecule has 4 aliphatic rings. The molecule has 0 spiro atoms. The molecule has 9 nitrogen and oxygen atoms in total. The van der Waals surface area contributed by atoms with Crippen molar-refractivity contribution in [1.29, 1.82) is 5.26 Å². The van der Waals surface area contributed by atoms with Crippen molar-refractivity contribution in [3.8, 4) is 18.4 Å². The average molecular weight is 540 g/mol. The van der Waals surface area contributed by atoms with Gasteiger partial charge in [0, 0.05) is 19.0 Å². The van der Waals surface area contributed by atoms with E-state index in [1.165, 1.54) is 4.90 Å².